The van der Waals surface area contributed by atoms with Crippen LogP contribution in [0.25, 0.3) is 0 Å². The number of rotatable bonds is 11. The lowest BCUT2D eigenvalue weighted by Gasteiger charge is -2.16. The molecule has 1 amide bonds. The normalized spacial score (nSPS) is 9.91. The second-order valence-electron chi connectivity index (χ2n) is 11.6. The fourth-order valence-electron chi connectivity index (χ4n) is 5.03. The van der Waals surface area contributed by atoms with Crippen LogP contribution >= 0.6 is 36.2 Å². The van der Waals surface area contributed by atoms with Crippen molar-refractivity contribution < 1.29 is 4.79 Å². The highest BCUT2D eigenvalue weighted by Crippen LogP contribution is 2.36. The minimum absolute atomic E-state index is 0. The summed E-state index contributed by atoms with van der Waals surface area (Å²) in [5.41, 5.74) is 12.6. The first kappa shape index (κ1) is 44.5. The second-order valence-corrected chi connectivity index (χ2v) is 14.3. The third kappa shape index (κ3) is 16.7. The summed E-state index contributed by atoms with van der Waals surface area (Å²) in [5.74, 6) is 0.556. The molecule has 3 nitrogen and oxygen atoms in total. The summed E-state index contributed by atoms with van der Waals surface area (Å²) >= 11 is 7.84. The van der Waals surface area contributed by atoms with E-state index in [1.165, 1.54) is 39.8 Å². The first-order valence-corrected chi connectivity index (χ1v) is 20.0. The van der Waals surface area contributed by atoms with Gasteiger partial charge in [-0.1, -0.05) is 210 Å². The van der Waals surface area contributed by atoms with Crippen molar-refractivity contribution in [3.8, 4) is 6.07 Å². The predicted molar refractivity (Wildman–Crippen MR) is 236 cm³/mol. The Morgan fingerprint density at radius 3 is 1.04 bits per heavy atom. The van der Waals surface area contributed by atoms with Crippen LogP contribution in [0, 0.1) is 11.3 Å². The van der Waals surface area contributed by atoms with E-state index in [-0.39, 0.29) is 29.1 Å². The molecular formula is C47H52N2OS3. The van der Waals surface area contributed by atoms with Gasteiger partial charge in [0.2, 0.25) is 5.91 Å². The summed E-state index contributed by atoms with van der Waals surface area (Å²) in [7, 11) is 0. The van der Waals surface area contributed by atoms with E-state index >= 15 is 0 Å². The van der Waals surface area contributed by atoms with Crippen LogP contribution in [0.2, 0.25) is 0 Å². The molecule has 6 aromatic carbocycles. The van der Waals surface area contributed by atoms with E-state index in [9.17, 15) is 4.79 Å². The highest BCUT2D eigenvalue weighted by molar-refractivity contribution is 8.00. The molecule has 6 rings (SSSR count). The van der Waals surface area contributed by atoms with Gasteiger partial charge < -0.3 is 5.73 Å². The molecule has 0 aliphatic rings. The van der Waals surface area contributed by atoms with Crippen molar-refractivity contribution >= 4 is 42.1 Å². The highest BCUT2D eigenvalue weighted by Gasteiger charge is 2.15. The van der Waals surface area contributed by atoms with Crippen LogP contribution in [0.5, 0.6) is 0 Å². The Morgan fingerprint density at radius 2 is 0.792 bits per heavy atom. The minimum Gasteiger partial charge on any atom is -0.369 e. The van der Waals surface area contributed by atoms with Gasteiger partial charge in [0.1, 0.15) is 0 Å². The molecule has 2 N–H and O–H groups in total. The van der Waals surface area contributed by atoms with Gasteiger partial charge in [0, 0.05) is 0 Å². The SMILES string of the molecule is C.CCC.N#CCSC(c1ccccc1)c1ccccc1.NC(=O)CSC(c1ccccc1)c1ccccc1.SC(c1ccccc1)c1ccccc1. The maximum atomic E-state index is 11.0. The summed E-state index contributed by atoms with van der Waals surface area (Å²) in [5, 5.41) is 9.32. The fourth-order valence-corrected chi connectivity index (χ4v) is 7.35. The lowest BCUT2D eigenvalue weighted by Crippen LogP contribution is -2.14. The molecule has 274 valence electrons. The maximum absolute atomic E-state index is 11.0. The van der Waals surface area contributed by atoms with Crippen molar-refractivity contribution in [2.75, 3.05) is 11.5 Å². The molecule has 0 unspecified atom stereocenters. The van der Waals surface area contributed by atoms with Gasteiger partial charge in [-0.15, -0.1) is 23.5 Å². The Morgan fingerprint density at radius 1 is 0.547 bits per heavy atom. The van der Waals surface area contributed by atoms with Gasteiger partial charge in [-0.3, -0.25) is 4.79 Å². The van der Waals surface area contributed by atoms with Crippen molar-refractivity contribution in [2.24, 2.45) is 5.73 Å². The highest BCUT2D eigenvalue weighted by atomic mass is 32.2. The van der Waals surface area contributed by atoms with Gasteiger partial charge >= 0.3 is 0 Å². The standard InChI is InChI=1S/C15H15NOS.C15H13NS.C13H12S.C3H8.CH4/c16-14(17)11-18-15(12-7-3-1-4-8-12)13-9-5-2-6-10-13;16-11-12-17-15(13-7-3-1-4-8-13)14-9-5-2-6-10-14;14-13(11-7-3-1-4-8-11)12-9-5-2-6-10-12;1-3-2;/h1-10,15H,11H2,(H2,16,17);1-10,15H,12H2;1-10,13-14H;3H2,1-2H3;1H4. The zero-order valence-electron chi connectivity index (χ0n) is 29.9. The molecule has 0 aliphatic heterocycles. The van der Waals surface area contributed by atoms with E-state index in [1.807, 2.05) is 109 Å². The second kappa shape index (κ2) is 27.0. The largest absolute Gasteiger partial charge is 0.369 e. The van der Waals surface area contributed by atoms with Gasteiger partial charge in [-0.2, -0.15) is 17.9 Å². The number of nitriles is 1. The Bertz CT molecular complexity index is 1700. The van der Waals surface area contributed by atoms with Crippen LogP contribution in [0.1, 0.15) is 76.8 Å². The van der Waals surface area contributed by atoms with Gasteiger partial charge in [-0.25, -0.2) is 0 Å². The summed E-state index contributed by atoms with van der Waals surface area (Å²) in [4.78, 5) is 11.0. The quantitative estimate of drug-likeness (QED) is 0.129. The van der Waals surface area contributed by atoms with Gasteiger partial charge in [0.15, 0.2) is 0 Å². The summed E-state index contributed by atoms with van der Waals surface area (Å²) < 4.78 is 0. The van der Waals surface area contributed by atoms with E-state index in [0.717, 1.165) is 0 Å². The molecule has 0 radical (unpaired) electrons. The number of carbonyl (C=O) groups is 1. The van der Waals surface area contributed by atoms with E-state index in [4.69, 9.17) is 11.0 Å². The molecule has 0 heterocycles. The van der Waals surface area contributed by atoms with Gasteiger partial charge in [0.25, 0.3) is 0 Å². The number of benzene rings is 6. The summed E-state index contributed by atoms with van der Waals surface area (Å²) in [6.45, 7) is 4.25. The van der Waals surface area contributed by atoms with Gasteiger partial charge in [-0.05, 0) is 33.4 Å². The van der Waals surface area contributed by atoms with E-state index in [1.54, 1.807) is 23.5 Å². The molecule has 0 spiro atoms. The number of hydrogen-bond acceptors (Lipinski definition) is 5. The van der Waals surface area contributed by atoms with Crippen molar-refractivity contribution in [2.45, 2.75) is 43.4 Å². The first-order valence-electron chi connectivity index (χ1n) is 17.3. The lowest BCUT2D eigenvalue weighted by atomic mass is 10.0. The topological polar surface area (TPSA) is 66.9 Å². The van der Waals surface area contributed by atoms with Crippen molar-refractivity contribution in [3.63, 3.8) is 0 Å². The molecule has 6 aromatic rings. The minimum atomic E-state index is -0.281. The van der Waals surface area contributed by atoms with Crippen LogP contribution in [-0.2, 0) is 4.79 Å². The van der Waals surface area contributed by atoms with Gasteiger partial charge in [0.05, 0.1) is 33.3 Å². The monoisotopic (exact) mass is 756 g/mol. The Kier molecular flexibility index (Phi) is 22.7. The fraction of sp³-hybridized carbons (Fsp3) is 0.191. The van der Waals surface area contributed by atoms with Crippen LogP contribution in [0.3, 0.4) is 0 Å². The van der Waals surface area contributed by atoms with Crippen LogP contribution in [0.4, 0.5) is 0 Å². The van der Waals surface area contributed by atoms with E-state index < -0.39 is 0 Å². The molecule has 0 aliphatic carbocycles. The van der Waals surface area contributed by atoms with Crippen LogP contribution in [0.15, 0.2) is 182 Å². The number of carbonyl (C=O) groups excluding carboxylic acids is 1. The smallest absolute Gasteiger partial charge is 0.227 e. The maximum Gasteiger partial charge on any atom is 0.227 e. The molecule has 0 saturated carbocycles. The number of nitrogens with zero attached hydrogens (tertiary/aromatic N) is 1. The number of thiol groups is 1. The summed E-state index contributed by atoms with van der Waals surface area (Å²) in [6.07, 6.45) is 1.25. The number of primary amides is 1. The third-order valence-corrected chi connectivity index (χ3v) is 10.4. The first-order chi connectivity index (χ1) is 25.5. The van der Waals surface area contributed by atoms with Crippen LogP contribution < -0.4 is 5.73 Å². The number of thioether (sulfide) groups is 2. The number of hydrogen-bond donors (Lipinski definition) is 2. The van der Waals surface area contributed by atoms with Crippen LogP contribution in [-0.4, -0.2) is 17.4 Å². The van der Waals surface area contributed by atoms with Crippen molar-refractivity contribution in [1.82, 2.24) is 0 Å². The predicted octanol–water partition coefficient (Wildman–Crippen LogP) is 12.8. The van der Waals surface area contributed by atoms with E-state index in [0.29, 0.717) is 11.5 Å². The zero-order chi connectivity index (χ0) is 37.2. The summed E-state index contributed by atoms with van der Waals surface area (Å²) in [6, 6.07) is 63.8. The molecule has 0 saturated heterocycles. The van der Waals surface area contributed by atoms with Crippen molar-refractivity contribution in [1.29, 1.82) is 5.26 Å². The number of amides is 1. The zero-order valence-corrected chi connectivity index (χ0v) is 32.4. The average molecular weight is 757 g/mol. The molecule has 0 fully saturated rings. The number of nitrogens with two attached hydrogens (primary N) is 1. The lowest BCUT2D eigenvalue weighted by molar-refractivity contribution is -0.115. The molecular weight excluding hydrogens is 705 g/mol. The Hall–Kier alpha value is -4.67. The molecule has 0 bridgehead atoms. The van der Waals surface area contributed by atoms with E-state index in [2.05, 4.69) is 105 Å². The Labute approximate surface area is 332 Å². The third-order valence-electron chi connectivity index (χ3n) is 7.35. The molecule has 0 aromatic heterocycles. The Balaban J connectivity index is 0.000000264. The average Bonchev–Trinajstić information content (AvgIpc) is 3.21. The molecule has 0 atom stereocenters. The van der Waals surface area contributed by atoms with Crippen molar-refractivity contribution in [3.05, 3.63) is 215 Å². The molecule has 6 heteroatoms. The molecule has 53 heavy (non-hydrogen) atoms.